The normalized spacial score (nSPS) is 20.6. The van der Waals surface area contributed by atoms with E-state index in [1.807, 2.05) is 7.05 Å². The van der Waals surface area contributed by atoms with Gasteiger partial charge in [-0.15, -0.1) is 0 Å². The van der Waals surface area contributed by atoms with E-state index < -0.39 is 23.1 Å². The number of halogens is 2. The van der Waals surface area contributed by atoms with Crippen LogP contribution in [0.4, 0.5) is 8.78 Å². The Labute approximate surface area is 116 Å². The third-order valence-corrected chi connectivity index (χ3v) is 3.98. The zero-order valence-electron chi connectivity index (χ0n) is 11.6. The first kappa shape index (κ1) is 14.9. The van der Waals surface area contributed by atoms with Crippen LogP contribution >= 0.6 is 0 Å². The average molecular weight is 284 g/mol. The molecule has 1 aromatic rings. The van der Waals surface area contributed by atoms with Crippen LogP contribution in [0.2, 0.25) is 0 Å². The van der Waals surface area contributed by atoms with E-state index in [1.54, 1.807) is 4.90 Å². The zero-order valence-corrected chi connectivity index (χ0v) is 11.6. The molecule has 0 aliphatic carbocycles. The maximum Gasteiger partial charge on any atom is 0.328 e. The number of carboxylic acids is 1. The third kappa shape index (κ3) is 2.66. The first-order valence-corrected chi connectivity index (χ1v) is 6.47. The fourth-order valence-corrected chi connectivity index (χ4v) is 2.53. The summed E-state index contributed by atoms with van der Waals surface area (Å²) in [5.41, 5.74) is -1.29. The summed E-state index contributed by atoms with van der Waals surface area (Å²) in [6.45, 7) is 4.02. The molecule has 0 bridgehead atoms. The van der Waals surface area contributed by atoms with Gasteiger partial charge in [0.15, 0.2) is 0 Å². The Balaban J connectivity index is 2.41. The second-order valence-corrected chi connectivity index (χ2v) is 5.33. The second kappa shape index (κ2) is 5.46. The molecule has 6 heteroatoms. The fourth-order valence-electron chi connectivity index (χ4n) is 2.53. The van der Waals surface area contributed by atoms with Gasteiger partial charge in [0.1, 0.15) is 17.2 Å². The maximum absolute atomic E-state index is 13.4. The first-order valence-electron chi connectivity index (χ1n) is 6.47. The Kier molecular flexibility index (Phi) is 4.06. The number of piperazine rings is 1. The summed E-state index contributed by atoms with van der Waals surface area (Å²) in [6, 6.07) is 2.93. The molecular weight excluding hydrogens is 266 g/mol. The maximum atomic E-state index is 13.4. The minimum absolute atomic E-state index is 0.132. The number of hydrogen-bond acceptors (Lipinski definition) is 3. The van der Waals surface area contributed by atoms with Crippen molar-refractivity contribution in [2.45, 2.75) is 12.5 Å². The van der Waals surface area contributed by atoms with E-state index in [-0.39, 0.29) is 5.56 Å². The molecule has 4 nitrogen and oxygen atoms in total. The first-order chi connectivity index (χ1) is 9.34. The summed E-state index contributed by atoms with van der Waals surface area (Å²) in [6.07, 6.45) is 0. The fraction of sp³-hybridized carbons (Fsp3) is 0.500. The molecule has 0 spiro atoms. The molecule has 0 saturated carbocycles. The van der Waals surface area contributed by atoms with E-state index in [2.05, 4.69) is 4.90 Å². The van der Waals surface area contributed by atoms with Gasteiger partial charge in [0.2, 0.25) is 0 Å². The van der Waals surface area contributed by atoms with Gasteiger partial charge in [-0.1, -0.05) is 0 Å². The van der Waals surface area contributed by atoms with Crippen molar-refractivity contribution in [2.75, 3.05) is 33.2 Å². The number of likely N-dealkylation sites (N-methyl/N-ethyl adjacent to an activating group) is 1. The summed E-state index contributed by atoms with van der Waals surface area (Å²) in [7, 11) is 1.96. The lowest BCUT2D eigenvalue weighted by atomic mass is 9.89. The van der Waals surface area contributed by atoms with Crippen molar-refractivity contribution in [3.05, 3.63) is 35.4 Å². The lowest BCUT2D eigenvalue weighted by molar-refractivity contribution is -0.152. The van der Waals surface area contributed by atoms with E-state index in [0.29, 0.717) is 13.1 Å². The highest BCUT2D eigenvalue weighted by atomic mass is 19.1. The molecule has 0 radical (unpaired) electrons. The number of hydrogen-bond donors (Lipinski definition) is 1. The molecule has 1 unspecified atom stereocenters. The molecule has 1 aliphatic rings. The summed E-state index contributed by atoms with van der Waals surface area (Å²) in [4.78, 5) is 15.6. The summed E-state index contributed by atoms with van der Waals surface area (Å²) < 4.78 is 26.8. The van der Waals surface area contributed by atoms with Crippen LogP contribution in [0.5, 0.6) is 0 Å². The molecule has 2 rings (SSSR count). The molecule has 1 saturated heterocycles. The van der Waals surface area contributed by atoms with E-state index in [9.17, 15) is 18.7 Å². The molecule has 110 valence electrons. The van der Waals surface area contributed by atoms with Crippen LogP contribution < -0.4 is 0 Å². The molecule has 20 heavy (non-hydrogen) atoms. The van der Waals surface area contributed by atoms with Crippen molar-refractivity contribution < 1.29 is 18.7 Å². The van der Waals surface area contributed by atoms with Crippen LogP contribution in [0.25, 0.3) is 0 Å². The van der Waals surface area contributed by atoms with Crippen molar-refractivity contribution in [1.82, 2.24) is 9.80 Å². The molecular formula is C14H18F2N2O2. The van der Waals surface area contributed by atoms with Crippen molar-refractivity contribution in [3.63, 3.8) is 0 Å². The van der Waals surface area contributed by atoms with Gasteiger partial charge in [0.05, 0.1) is 0 Å². The Hall–Kier alpha value is -1.53. The van der Waals surface area contributed by atoms with Gasteiger partial charge in [0.25, 0.3) is 0 Å². The van der Waals surface area contributed by atoms with Gasteiger partial charge < -0.3 is 10.0 Å². The van der Waals surface area contributed by atoms with Crippen LogP contribution in [-0.2, 0) is 10.3 Å². The molecule has 1 N–H and O–H groups in total. The van der Waals surface area contributed by atoms with E-state index >= 15 is 0 Å². The molecule has 1 heterocycles. The zero-order chi connectivity index (χ0) is 14.9. The minimum atomic E-state index is -1.43. The summed E-state index contributed by atoms with van der Waals surface area (Å²) in [5.74, 6) is -2.63. The standard InChI is InChI=1S/C14H18F2N2O2/c1-14(13(19)20,18-5-3-17(2)4-6-18)10-7-11(15)9-12(16)8-10/h7-9H,3-6H2,1-2H3,(H,19,20). The number of nitrogens with zero attached hydrogens (tertiary/aromatic N) is 2. The van der Waals surface area contributed by atoms with Gasteiger partial charge in [0, 0.05) is 32.2 Å². The van der Waals surface area contributed by atoms with Gasteiger partial charge in [-0.05, 0) is 31.7 Å². The Morgan fingerprint density at radius 1 is 1.15 bits per heavy atom. The van der Waals surface area contributed by atoms with Crippen LogP contribution in [0, 0.1) is 11.6 Å². The summed E-state index contributed by atoms with van der Waals surface area (Å²) in [5, 5.41) is 9.59. The lowest BCUT2D eigenvalue weighted by Gasteiger charge is -2.42. The second-order valence-electron chi connectivity index (χ2n) is 5.33. The number of benzene rings is 1. The average Bonchev–Trinajstić information content (AvgIpc) is 2.37. The molecule has 0 aromatic heterocycles. The predicted octanol–water partition coefficient (Wildman–Crippen LogP) is 1.51. The van der Waals surface area contributed by atoms with Crippen molar-refractivity contribution in [2.24, 2.45) is 0 Å². The van der Waals surface area contributed by atoms with Crippen LogP contribution in [0.3, 0.4) is 0 Å². The number of aliphatic carboxylic acids is 1. The van der Waals surface area contributed by atoms with Gasteiger partial charge in [-0.3, -0.25) is 4.90 Å². The molecule has 1 atom stereocenters. The Bertz CT molecular complexity index is 496. The number of carbonyl (C=O) groups is 1. The SMILES string of the molecule is CN1CCN(C(C)(C(=O)O)c2cc(F)cc(F)c2)CC1. The van der Waals surface area contributed by atoms with E-state index in [4.69, 9.17) is 0 Å². The van der Waals surface area contributed by atoms with Crippen LogP contribution in [0.1, 0.15) is 12.5 Å². The highest BCUT2D eigenvalue weighted by Crippen LogP contribution is 2.30. The van der Waals surface area contributed by atoms with Crippen LogP contribution in [0.15, 0.2) is 18.2 Å². The monoisotopic (exact) mass is 284 g/mol. The largest absolute Gasteiger partial charge is 0.480 e. The summed E-state index contributed by atoms with van der Waals surface area (Å²) >= 11 is 0. The van der Waals surface area contributed by atoms with Gasteiger partial charge >= 0.3 is 5.97 Å². The van der Waals surface area contributed by atoms with Crippen molar-refractivity contribution in [1.29, 1.82) is 0 Å². The Morgan fingerprint density at radius 3 is 2.10 bits per heavy atom. The van der Waals surface area contributed by atoms with Gasteiger partial charge in [-0.25, -0.2) is 13.6 Å². The van der Waals surface area contributed by atoms with E-state index in [1.165, 1.54) is 6.92 Å². The molecule has 1 aromatic carbocycles. The number of rotatable bonds is 3. The molecule has 1 fully saturated rings. The van der Waals surface area contributed by atoms with E-state index in [0.717, 1.165) is 31.3 Å². The molecule has 1 aliphatic heterocycles. The highest BCUT2D eigenvalue weighted by Gasteiger charge is 2.42. The quantitative estimate of drug-likeness (QED) is 0.914. The molecule has 0 amide bonds. The minimum Gasteiger partial charge on any atom is -0.480 e. The van der Waals surface area contributed by atoms with Crippen molar-refractivity contribution >= 4 is 5.97 Å². The van der Waals surface area contributed by atoms with Crippen LogP contribution in [-0.4, -0.2) is 54.1 Å². The predicted molar refractivity (Wildman–Crippen MR) is 70.4 cm³/mol. The smallest absolute Gasteiger partial charge is 0.328 e. The lowest BCUT2D eigenvalue weighted by Crippen LogP contribution is -2.57. The van der Waals surface area contributed by atoms with Crippen molar-refractivity contribution in [3.8, 4) is 0 Å². The topological polar surface area (TPSA) is 43.8 Å². The Morgan fingerprint density at radius 2 is 1.65 bits per heavy atom. The number of carboxylic acid groups (broad SMARTS) is 1. The van der Waals surface area contributed by atoms with Gasteiger partial charge in [-0.2, -0.15) is 0 Å². The highest BCUT2D eigenvalue weighted by molar-refractivity contribution is 5.80. The third-order valence-electron chi connectivity index (χ3n) is 3.98.